The van der Waals surface area contributed by atoms with Crippen molar-refractivity contribution in [1.29, 1.82) is 0 Å². The van der Waals surface area contributed by atoms with E-state index in [2.05, 4.69) is 21.2 Å². The lowest BCUT2D eigenvalue weighted by Gasteiger charge is -2.10. The number of carboxylic acid groups (broad SMARTS) is 1. The lowest BCUT2D eigenvalue weighted by atomic mass is 10.2. The largest absolute Gasteiger partial charge is 0.478 e. The maximum atomic E-state index is 11.9. The number of nitrogens with one attached hydrogen (secondary N) is 1. The van der Waals surface area contributed by atoms with Gasteiger partial charge in [-0.2, -0.15) is 13.2 Å². The summed E-state index contributed by atoms with van der Waals surface area (Å²) in [7, 11) is 0. The molecule has 0 aliphatic heterocycles. The smallest absolute Gasteiger partial charge is 0.390 e. The molecule has 0 aliphatic rings. The molecule has 0 unspecified atom stereocenters. The van der Waals surface area contributed by atoms with Crippen molar-refractivity contribution in [1.82, 2.24) is 0 Å². The number of anilines is 1. The van der Waals surface area contributed by atoms with Crippen LogP contribution in [0.25, 0.3) is 0 Å². The molecule has 17 heavy (non-hydrogen) atoms. The molecule has 0 heterocycles. The Hall–Kier alpha value is -1.24. The van der Waals surface area contributed by atoms with Crippen LogP contribution in [0.5, 0.6) is 0 Å². The van der Waals surface area contributed by atoms with Gasteiger partial charge in [-0.05, 0) is 18.2 Å². The molecule has 0 spiro atoms. The number of aromatic carboxylic acids is 1. The third-order valence-electron chi connectivity index (χ3n) is 1.88. The second-order valence-corrected chi connectivity index (χ2v) is 4.24. The van der Waals surface area contributed by atoms with E-state index >= 15 is 0 Å². The standard InChI is InChI=1S/C10H9BrF3NO2/c11-7-3-6(9(16)17)4-8(5-7)15-2-1-10(12,13)14/h3-5,15H,1-2H2,(H,16,17). The van der Waals surface area contributed by atoms with Crippen LogP contribution in [0.3, 0.4) is 0 Å². The van der Waals surface area contributed by atoms with Crippen molar-refractivity contribution in [3.05, 3.63) is 28.2 Å². The van der Waals surface area contributed by atoms with Crippen LogP contribution in [0.2, 0.25) is 0 Å². The maximum Gasteiger partial charge on any atom is 0.390 e. The minimum Gasteiger partial charge on any atom is -0.478 e. The van der Waals surface area contributed by atoms with Crippen molar-refractivity contribution in [2.75, 3.05) is 11.9 Å². The van der Waals surface area contributed by atoms with Crippen LogP contribution in [0.4, 0.5) is 18.9 Å². The monoisotopic (exact) mass is 311 g/mol. The van der Waals surface area contributed by atoms with Gasteiger partial charge < -0.3 is 10.4 Å². The summed E-state index contributed by atoms with van der Waals surface area (Å²) in [5.74, 6) is -1.13. The van der Waals surface area contributed by atoms with Gasteiger partial charge in [-0.1, -0.05) is 15.9 Å². The number of carbonyl (C=O) groups is 1. The summed E-state index contributed by atoms with van der Waals surface area (Å²) in [6.45, 7) is -0.293. The number of benzene rings is 1. The van der Waals surface area contributed by atoms with E-state index in [-0.39, 0.29) is 12.1 Å². The second-order valence-electron chi connectivity index (χ2n) is 3.33. The third-order valence-corrected chi connectivity index (χ3v) is 2.34. The molecule has 1 aromatic carbocycles. The Labute approximate surface area is 104 Å². The van der Waals surface area contributed by atoms with Crippen molar-refractivity contribution < 1.29 is 23.1 Å². The Morgan fingerprint density at radius 3 is 2.53 bits per heavy atom. The average molecular weight is 312 g/mol. The summed E-state index contributed by atoms with van der Waals surface area (Å²) >= 11 is 3.09. The highest BCUT2D eigenvalue weighted by Gasteiger charge is 2.26. The lowest BCUT2D eigenvalue weighted by molar-refractivity contribution is -0.131. The van der Waals surface area contributed by atoms with Crippen LogP contribution >= 0.6 is 15.9 Å². The van der Waals surface area contributed by atoms with E-state index in [1.54, 1.807) is 0 Å². The third kappa shape index (κ3) is 5.08. The van der Waals surface area contributed by atoms with Crippen LogP contribution in [-0.4, -0.2) is 23.8 Å². The van der Waals surface area contributed by atoms with E-state index in [0.29, 0.717) is 10.2 Å². The van der Waals surface area contributed by atoms with Crippen molar-refractivity contribution >= 4 is 27.6 Å². The molecule has 1 rings (SSSR count). The van der Waals surface area contributed by atoms with Crippen molar-refractivity contribution in [2.24, 2.45) is 0 Å². The van der Waals surface area contributed by atoms with E-state index in [1.807, 2.05) is 0 Å². The first-order chi connectivity index (χ1) is 7.78. The van der Waals surface area contributed by atoms with Gasteiger partial charge in [0.2, 0.25) is 0 Å². The minimum absolute atomic E-state index is 0.00823. The van der Waals surface area contributed by atoms with Gasteiger partial charge in [0.1, 0.15) is 0 Å². The molecular weight excluding hydrogens is 303 g/mol. The van der Waals surface area contributed by atoms with E-state index < -0.39 is 18.6 Å². The van der Waals surface area contributed by atoms with E-state index in [0.717, 1.165) is 0 Å². The molecule has 0 bridgehead atoms. The first kappa shape index (κ1) is 13.8. The highest BCUT2D eigenvalue weighted by atomic mass is 79.9. The van der Waals surface area contributed by atoms with Gasteiger partial charge in [0.15, 0.2) is 0 Å². The fraction of sp³-hybridized carbons (Fsp3) is 0.300. The zero-order valence-corrected chi connectivity index (χ0v) is 10.1. The number of rotatable bonds is 4. The van der Waals surface area contributed by atoms with Crippen molar-refractivity contribution in [2.45, 2.75) is 12.6 Å². The molecule has 7 heteroatoms. The van der Waals surface area contributed by atoms with Gasteiger partial charge in [0, 0.05) is 16.7 Å². The van der Waals surface area contributed by atoms with Crippen LogP contribution in [0, 0.1) is 0 Å². The maximum absolute atomic E-state index is 11.9. The minimum atomic E-state index is -4.23. The molecular formula is C10H9BrF3NO2. The average Bonchev–Trinajstić information content (AvgIpc) is 2.14. The number of hydrogen-bond donors (Lipinski definition) is 2. The topological polar surface area (TPSA) is 49.3 Å². The Balaban J connectivity index is 2.68. The molecule has 0 fully saturated rings. The summed E-state index contributed by atoms with van der Waals surface area (Å²) in [6, 6.07) is 4.17. The predicted octanol–water partition coefficient (Wildman–Crippen LogP) is 3.51. The SMILES string of the molecule is O=C(O)c1cc(Br)cc(NCCC(F)(F)F)c1. The van der Waals surface area contributed by atoms with Gasteiger partial charge in [-0.3, -0.25) is 0 Å². The van der Waals surface area contributed by atoms with E-state index in [1.165, 1.54) is 18.2 Å². The molecule has 0 saturated heterocycles. The van der Waals surface area contributed by atoms with E-state index in [9.17, 15) is 18.0 Å². The van der Waals surface area contributed by atoms with Crippen LogP contribution in [0.1, 0.15) is 16.8 Å². The van der Waals surface area contributed by atoms with Crippen LogP contribution < -0.4 is 5.32 Å². The highest BCUT2D eigenvalue weighted by molar-refractivity contribution is 9.10. The summed E-state index contributed by atoms with van der Waals surface area (Å²) in [4.78, 5) is 10.7. The molecule has 94 valence electrons. The van der Waals surface area contributed by atoms with Gasteiger partial charge in [-0.15, -0.1) is 0 Å². The molecule has 0 aliphatic carbocycles. The van der Waals surface area contributed by atoms with Crippen molar-refractivity contribution in [3.8, 4) is 0 Å². The van der Waals surface area contributed by atoms with Gasteiger partial charge in [0.25, 0.3) is 0 Å². The second kappa shape index (κ2) is 5.39. The van der Waals surface area contributed by atoms with E-state index in [4.69, 9.17) is 5.11 Å². The fourth-order valence-electron chi connectivity index (χ4n) is 1.16. The number of alkyl halides is 3. The number of carboxylic acids is 1. The molecule has 0 radical (unpaired) electrons. The summed E-state index contributed by atoms with van der Waals surface area (Å²) < 4.78 is 36.2. The number of halogens is 4. The predicted molar refractivity (Wildman–Crippen MR) is 60.3 cm³/mol. The lowest BCUT2D eigenvalue weighted by Crippen LogP contribution is -2.14. The number of hydrogen-bond acceptors (Lipinski definition) is 2. The first-order valence-electron chi connectivity index (χ1n) is 4.62. The Morgan fingerprint density at radius 2 is 2.00 bits per heavy atom. The first-order valence-corrected chi connectivity index (χ1v) is 5.42. The zero-order chi connectivity index (χ0) is 13.1. The molecule has 0 atom stereocenters. The molecule has 0 saturated carbocycles. The van der Waals surface area contributed by atoms with Crippen molar-refractivity contribution in [3.63, 3.8) is 0 Å². The Morgan fingerprint density at radius 1 is 1.35 bits per heavy atom. The van der Waals surface area contributed by atoms with Crippen LogP contribution in [-0.2, 0) is 0 Å². The Kier molecular flexibility index (Phi) is 4.39. The molecule has 3 nitrogen and oxygen atoms in total. The zero-order valence-electron chi connectivity index (χ0n) is 8.51. The molecule has 0 aromatic heterocycles. The molecule has 2 N–H and O–H groups in total. The van der Waals surface area contributed by atoms with Gasteiger partial charge in [-0.25, -0.2) is 4.79 Å². The van der Waals surface area contributed by atoms with Gasteiger partial charge in [0.05, 0.1) is 12.0 Å². The fourth-order valence-corrected chi connectivity index (χ4v) is 1.66. The summed E-state index contributed by atoms with van der Waals surface area (Å²) in [6.07, 6.45) is -5.20. The highest BCUT2D eigenvalue weighted by Crippen LogP contribution is 2.22. The Bertz CT molecular complexity index is 421. The molecule has 1 aromatic rings. The van der Waals surface area contributed by atoms with Crippen LogP contribution in [0.15, 0.2) is 22.7 Å². The molecule has 0 amide bonds. The van der Waals surface area contributed by atoms with Gasteiger partial charge >= 0.3 is 12.1 Å². The summed E-state index contributed by atoms with van der Waals surface area (Å²) in [5.41, 5.74) is 0.343. The summed E-state index contributed by atoms with van der Waals surface area (Å²) in [5, 5.41) is 11.3. The normalized spacial score (nSPS) is 11.3. The quantitative estimate of drug-likeness (QED) is 0.894.